The molecule has 0 fully saturated rings. The number of tetrazole rings is 1. The van der Waals surface area contributed by atoms with E-state index >= 15 is 0 Å². The Morgan fingerprint density at radius 1 is 1.20 bits per heavy atom. The summed E-state index contributed by atoms with van der Waals surface area (Å²) < 4.78 is 6.12. The SMILES string of the molecule is COc1cc(-n2nnc(-c3ccccn3)n2)ccc1Br. The fourth-order valence-corrected chi connectivity index (χ4v) is 2.10. The highest BCUT2D eigenvalue weighted by atomic mass is 79.9. The molecule has 0 spiro atoms. The maximum absolute atomic E-state index is 5.25. The van der Waals surface area contributed by atoms with Crippen LogP contribution in [0, 0.1) is 0 Å². The number of nitrogens with zero attached hydrogens (tertiary/aromatic N) is 5. The van der Waals surface area contributed by atoms with E-state index in [4.69, 9.17) is 4.74 Å². The van der Waals surface area contributed by atoms with Crippen LogP contribution in [0.25, 0.3) is 17.2 Å². The Bertz CT molecular complexity index is 729. The van der Waals surface area contributed by atoms with Gasteiger partial charge in [0.15, 0.2) is 0 Å². The zero-order valence-corrected chi connectivity index (χ0v) is 12.1. The van der Waals surface area contributed by atoms with Crippen molar-refractivity contribution >= 4 is 15.9 Å². The van der Waals surface area contributed by atoms with E-state index in [1.165, 1.54) is 4.80 Å². The molecule has 7 heteroatoms. The van der Waals surface area contributed by atoms with Crippen molar-refractivity contribution in [2.75, 3.05) is 7.11 Å². The summed E-state index contributed by atoms with van der Waals surface area (Å²) in [5.41, 5.74) is 1.45. The maximum atomic E-state index is 5.25. The predicted octanol–water partition coefficient (Wildman–Crippen LogP) is 2.50. The zero-order chi connectivity index (χ0) is 13.9. The number of aromatic nitrogens is 5. The third-order valence-corrected chi connectivity index (χ3v) is 3.33. The van der Waals surface area contributed by atoms with Gasteiger partial charge in [-0.05, 0) is 45.4 Å². The van der Waals surface area contributed by atoms with E-state index in [2.05, 4.69) is 36.3 Å². The van der Waals surface area contributed by atoms with Crippen LogP contribution in [0.1, 0.15) is 0 Å². The Kier molecular flexibility index (Phi) is 3.42. The number of rotatable bonds is 3. The smallest absolute Gasteiger partial charge is 0.223 e. The van der Waals surface area contributed by atoms with Crippen molar-refractivity contribution in [2.45, 2.75) is 0 Å². The summed E-state index contributed by atoms with van der Waals surface area (Å²) in [6, 6.07) is 11.1. The van der Waals surface area contributed by atoms with Gasteiger partial charge in [-0.15, -0.1) is 15.0 Å². The van der Waals surface area contributed by atoms with Crippen molar-refractivity contribution in [1.82, 2.24) is 25.2 Å². The van der Waals surface area contributed by atoms with Crippen LogP contribution in [0.3, 0.4) is 0 Å². The molecule has 0 bridgehead atoms. The van der Waals surface area contributed by atoms with Crippen LogP contribution in [0.2, 0.25) is 0 Å². The molecule has 20 heavy (non-hydrogen) atoms. The first-order valence-corrected chi connectivity index (χ1v) is 6.62. The molecule has 2 heterocycles. The molecule has 1 aromatic carbocycles. The summed E-state index contributed by atoms with van der Waals surface area (Å²) in [6.45, 7) is 0. The number of pyridine rings is 1. The molecule has 0 aliphatic carbocycles. The molecule has 100 valence electrons. The van der Waals surface area contributed by atoms with Crippen molar-refractivity contribution in [1.29, 1.82) is 0 Å². The van der Waals surface area contributed by atoms with E-state index in [0.29, 0.717) is 17.3 Å². The molecular formula is C13H10BrN5O. The Labute approximate surface area is 123 Å². The monoisotopic (exact) mass is 331 g/mol. The topological polar surface area (TPSA) is 65.7 Å². The Morgan fingerprint density at radius 2 is 2.10 bits per heavy atom. The zero-order valence-electron chi connectivity index (χ0n) is 10.6. The van der Waals surface area contributed by atoms with Crippen molar-refractivity contribution < 1.29 is 4.74 Å². The van der Waals surface area contributed by atoms with Crippen LogP contribution in [0.4, 0.5) is 0 Å². The molecule has 3 aromatic rings. The lowest BCUT2D eigenvalue weighted by atomic mass is 10.3. The largest absolute Gasteiger partial charge is 0.495 e. The number of hydrogen-bond acceptors (Lipinski definition) is 5. The highest BCUT2D eigenvalue weighted by Crippen LogP contribution is 2.26. The van der Waals surface area contributed by atoms with Crippen LogP contribution >= 0.6 is 15.9 Å². The molecule has 0 N–H and O–H groups in total. The lowest BCUT2D eigenvalue weighted by Crippen LogP contribution is -1.99. The maximum Gasteiger partial charge on any atom is 0.223 e. The lowest BCUT2D eigenvalue weighted by Gasteiger charge is -2.04. The summed E-state index contributed by atoms with van der Waals surface area (Å²) in [4.78, 5) is 5.64. The number of benzene rings is 1. The van der Waals surface area contributed by atoms with Crippen LogP contribution in [-0.2, 0) is 0 Å². The molecule has 0 radical (unpaired) electrons. The Hall–Kier alpha value is -2.28. The number of methoxy groups -OCH3 is 1. The third-order valence-electron chi connectivity index (χ3n) is 2.67. The highest BCUT2D eigenvalue weighted by molar-refractivity contribution is 9.10. The summed E-state index contributed by atoms with van der Waals surface area (Å²) in [5, 5.41) is 12.4. The molecule has 0 amide bonds. The van der Waals surface area contributed by atoms with Crippen LogP contribution in [0.15, 0.2) is 47.1 Å². The first kappa shape index (κ1) is 12.7. The molecule has 6 nitrogen and oxygen atoms in total. The van der Waals surface area contributed by atoms with Crippen molar-refractivity contribution in [3.8, 4) is 23.0 Å². The first-order valence-electron chi connectivity index (χ1n) is 5.83. The normalized spacial score (nSPS) is 10.5. The van der Waals surface area contributed by atoms with E-state index in [0.717, 1.165) is 10.2 Å². The molecule has 3 rings (SSSR count). The molecule has 0 saturated heterocycles. The predicted molar refractivity (Wildman–Crippen MR) is 76.6 cm³/mol. The van der Waals surface area contributed by atoms with E-state index in [9.17, 15) is 0 Å². The summed E-state index contributed by atoms with van der Waals surface area (Å²) in [5.74, 6) is 1.19. The minimum absolute atomic E-state index is 0.479. The number of ether oxygens (including phenoxy) is 1. The second-order valence-electron chi connectivity index (χ2n) is 3.94. The third kappa shape index (κ3) is 2.39. The molecule has 0 unspecified atom stereocenters. The number of hydrogen-bond donors (Lipinski definition) is 0. The minimum Gasteiger partial charge on any atom is -0.495 e. The minimum atomic E-state index is 0.479. The van der Waals surface area contributed by atoms with Crippen LogP contribution in [-0.4, -0.2) is 32.3 Å². The molecule has 0 aliphatic rings. The Balaban J connectivity index is 1.98. The average molecular weight is 332 g/mol. The van der Waals surface area contributed by atoms with Gasteiger partial charge in [-0.3, -0.25) is 4.98 Å². The standard InChI is InChI=1S/C13H10BrN5O/c1-20-12-8-9(5-6-10(12)14)19-17-13(16-18-19)11-4-2-3-7-15-11/h2-8H,1H3. The summed E-state index contributed by atoms with van der Waals surface area (Å²) >= 11 is 3.40. The summed E-state index contributed by atoms with van der Waals surface area (Å²) in [7, 11) is 1.61. The van der Waals surface area contributed by atoms with Gasteiger partial charge in [0, 0.05) is 12.3 Å². The Morgan fingerprint density at radius 3 is 2.85 bits per heavy atom. The van der Waals surface area contributed by atoms with Gasteiger partial charge in [0.05, 0.1) is 17.3 Å². The van der Waals surface area contributed by atoms with Crippen molar-refractivity contribution in [3.63, 3.8) is 0 Å². The van der Waals surface area contributed by atoms with Gasteiger partial charge in [0.2, 0.25) is 5.82 Å². The van der Waals surface area contributed by atoms with Gasteiger partial charge >= 0.3 is 0 Å². The fourth-order valence-electron chi connectivity index (χ4n) is 1.69. The molecule has 0 atom stereocenters. The second kappa shape index (κ2) is 5.38. The van der Waals surface area contributed by atoms with Gasteiger partial charge in [-0.25, -0.2) is 0 Å². The van der Waals surface area contributed by atoms with Crippen LogP contribution < -0.4 is 4.74 Å². The van der Waals surface area contributed by atoms with E-state index in [-0.39, 0.29) is 0 Å². The molecule has 0 aliphatic heterocycles. The quantitative estimate of drug-likeness (QED) is 0.737. The van der Waals surface area contributed by atoms with Gasteiger partial charge in [0.25, 0.3) is 0 Å². The van der Waals surface area contributed by atoms with Gasteiger partial charge in [0.1, 0.15) is 11.4 Å². The van der Waals surface area contributed by atoms with Gasteiger partial charge < -0.3 is 4.74 Å². The number of halogens is 1. The average Bonchev–Trinajstić information content (AvgIpc) is 2.98. The summed E-state index contributed by atoms with van der Waals surface area (Å²) in [6.07, 6.45) is 1.69. The highest BCUT2D eigenvalue weighted by Gasteiger charge is 2.09. The van der Waals surface area contributed by atoms with Gasteiger partial charge in [-0.2, -0.15) is 0 Å². The lowest BCUT2D eigenvalue weighted by molar-refractivity contribution is 0.411. The van der Waals surface area contributed by atoms with E-state index in [1.807, 2.05) is 36.4 Å². The fraction of sp³-hybridized carbons (Fsp3) is 0.0769. The van der Waals surface area contributed by atoms with Crippen LogP contribution in [0.5, 0.6) is 5.75 Å². The van der Waals surface area contributed by atoms with Crippen molar-refractivity contribution in [3.05, 3.63) is 47.1 Å². The van der Waals surface area contributed by atoms with E-state index < -0.39 is 0 Å². The first-order chi connectivity index (χ1) is 9.78. The molecule has 0 saturated carbocycles. The van der Waals surface area contributed by atoms with Gasteiger partial charge in [-0.1, -0.05) is 6.07 Å². The molecule has 2 aromatic heterocycles. The molecular weight excluding hydrogens is 322 g/mol. The van der Waals surface area contributed by atoms with E-state index in [1.54, 1.807) is 13.3 Å². The van der Waals surface area contributed by atoms with Crippen molar-refractivity contribution in [2.24, 2.45) is 0 Å². The second-order valence-corrected chi connectivity index (χ2v) is 4.79.